The fraction of sp³-hybridized carbons (Fsp3) is 0.152. The van der Waals surface area contributed by atoms with Crippen LogP contribution in [0, 0.1) is 11.6 Å². The third-order valence-corrected chi connectivity index (χ3v) is 7.18. The van der Waals surface area contributed by atoms with E-state index in [1.54, 1.807) is 67.6 Å². The lowest BCUT2D eigenvalue weighted by Gasteiger charge is -2.22. The molecule has 1 heterocycles. The van der Waals surface area contributed by atoms with Crippen LogP contribution in [0.1, 0.15) is 40.0 Å². The summed E-state index contributed by atoms with van der Waals surface area (Å²) in [4.78, 5) is 44.1. The van der Waals surface area contributed by atoms with Crippen LogP contribution < -0.4 is 10.6 Å². The number of amides is 2. The van der Waals surface area contributed by atoms with Crippen molar-refractivity contribution in [3.63, 3.8) is 0 Å². The summed E-state index contributed by atoms with van der Waals surface area (Å²) in [6, 6.07) is 21.5. The Hall–Kier alpha value is -4.89. The highest BCUT2D eigenvalue weighted by Crippen LogP contribution is 2.23. The molecule has 5 rings (SSSR count). The topological polar surface area (TPSA) is 101 Å². The first kappa shape index (κ1) is 29.6. The number of ketones is 1. The predicted molar refractivity (Wildman–Crippen MR) is 159 cm³/mol. The van der Waals surface area contributed by atoms with Crippen LogP contribution in [0.4, 0.5) is 8.78 Å². The maximum Gasteiger partial charge on any atom is 0.266 e. The summed E-state index contributed by atoms with van der Waals surface area (Å²) in [5, 5.41) is 5.74. The summed E-state index contributed by atoms with van der Waals surface area (Å²) >= 11 is 6.09. The minimum atomic E-state index is -1.42. The van der Waals surface area contributed by atoms with Crippen molar-refractivity contribution in [2.75, 3.05) is 0 Å². The molecule has 1 aromatic heterocycles. The van der Waals surface area contributed by atoms with E-state index in [9.17, 15) is 23.2 Å². The fourth-order valence-corrected chi connectivity index (χ4v) is 4.81. The van der Waals surface area contributed by atoms with E-state index in [-0.39, 0.29) is 23.4 Å². The van der Waals surface area contributed by atoms with Crippen molar-refractivity contribution in [3.05, 3.63) is 125 Å². The van der Waals surface area contributed by atoms with Gasteiger partial charge in [0.25, 0.3) is 11.8 Å². The first-order valence-corrected chi connectivity index (χ1v) is 13.9. The zero-order chi connectivity index (χ0) is 30.5. The molecular weight excluding hydrogens is 576 g/mol. The summed E-state index contributed by atoms with van der Waals surface area (Å²) in [6.45, 7) is 1.68. The van der Waals surface area contributed by atoms with Gasteiger partial charge in [-0.15, -0.1) is 0 Å². The number of fused-ring (bicyclic) bond motifs is 1. The number of Topliss-reactive ketones (excluding diaryl/α,β-unsaturated/α-hetero) is 1. The molecule has 2 amide bonds. The molecule has 218 valence electrons. The lowest BCUT2D eigenvalue weighted by atomic mass is 10.0. The Labute approximate surface area is 250 Å². The van der Waals surface area contributed by atoms with Crippen molar-refractivity contribution in [1.29, 1.82) is 0 Å². The van der Waals surface area contributed by atoms with E-state index in [4.69, 9.17) is 16.0 Å². The number of para-hydroxylation sites is 2. The molecule has 10 heteroatoms. The Bertz CT molecular complexity index is 1750. The van der Waals surface area contributed by atoms with Gasteiger partial charge in [0, 0.05) is 22.6 Å². The number of halogens is 3. The van der Waals surface area contributed by atoms with Gasteiger partial charge in [-0.2, -0.15) is 0 Å². The standard InChI is InChI=1S/C33H26ClF2N3O4/c1-2-26(30(40)33-39-27-11-3-4-12-29(27)43-33)37-32(42)28(18-23-24(35)9-6-10-25(23)36)38-31(41)20-15-13-19(14-16-20)21-7-5-8-22(34)17-21/h3-17,26,28H,2,18H2,1H3,(H,37,42)(H,38,41)/t26?,28-/m0/s1. The van der Waals surface area contributed by atoms with Crippen LogP contribution in [0.2, 0.25) is 5.02 Å². The number of carbonyl (C=O) groups excluding carboxylic acids is 3. The van der Waals surface area contributed by atoms with Gasteiger partial charge in [-0.3, -0.25) is 14.4 Å². The number of carbonyl (C=O) groups is 3. The second kappa shape index (κ2) is 13.0. The average molecular weight is 602 g/mol. The number of nitrogens with zero attached hydrogens (tertiary/aromatic N) is 1. The number of hydrogen-bond donors (Lipinski definition) is 2. The van der Waals surface area contributed by atoms with Crippen LogP contribution in [-0.2, 0) is 11.2 Å². The maximum absolute atomic E-state index is 14.6. The Balaban J connectivity index is 1.37. The molecule has 2 N–H and O–H groups in total. The maximum atomic E-state index is 14.6. The predicted octanol–water partition coefficient (Wildman–Crippen LogP) is 6.55. The summed E-state index contributed by atoms with van der Waals surface area (Å²) in [5.41, 5.74) is 2.39. The summed E-state index contributed by atoms with van der Waals surface area (Å²) in [6.07, 6.45) is -0.326. The Morgan fingerprint density at radius 2 is 1.53 bits per heavy atom. The van der Waals surface area contributed by atoms with Gasteiger partial charge in [0.1, 0.15) is 23.2 Å². The zero-order valence-electron chi connectivity index (χ0n) is 22.9. The SMILES string of the molecule is CCC(NC(=O)[C@H](Cc1c(F)cccc1F)NC(=O)c1ccc(-c2cccc(Cl)c2)cc1)C(=O)c1nc2ccccc2o1. The first-order valence-electron chi connectivity index (χ1n) is 13.5. The van der Waals surface area contributed by atoms with Crippen molar-refractivity contribution >= 4 is 40.3 Å². The van der Waals surface area contributed by atoms with Gasteiger partial charge in [0.05, 0.1) is 6.04 Å². The molecule has 1 unspecified atom stereocenters. The van der Waals surface area contributed by atoms with Crippen molar-refractivity contribution < 1.29 is 27.6 Å². The molecule has 7 nitrogen and oxygen atoms in total. The van der Waals surface area contributed by atoms with Crippen molar-refractivity contribution in [3.8, 4) is 11.1 Å². The highest BCUT2D eigenvalue weighted by atomic mass is 35.5. The molecule has 0 radical (unpaired) electrons. The number of benzene rings is 4. The van der Waals surface area contributed by atoms with Gasteiger partial charge in [-0.25, -0.2) is 13.8 Å². The van der Waals surface area contributed by atoms with Crippen molar-refractivity contribution in [1.82, 2.24) is 15.6 Å². The molecule has 0 aliphatic heterocycles. The highest BCUT2D eigenvalue weighted by Gasteiger charge is 2.30. The summed E-state index contributed by atoms with van der Waals surface area (Å²) in [7, 11) is 0. The van der Waals surface area contributed by atoms with Gasteiger partial charge >= 0.3 is 0 Å². The van der Waals surface area contributed by atoms with E-state index in [2.05, 4.69) is 15.6 Å². The number of oxazole rings is 1. The van der Waals surface area contributed by atoms with Gasteiger partial charge < -0.3 is 15.1 Å². The molecule has 5 aromatic rings. The van der Waals surface area contributed by atoms with E-state index in [0.717, 1.165) is 23.3 Å². The highest BCUT2D eigenvalue weighted by molar-refractivity contribution is 6.30. The number of aromatic nitrogens is 1. The average Bonchev–Trinajstić information content (AvgIpc) is 3.45. The third kappa shape index (κ3) is 6.79. The lowest BCUT2D eigenvalue weighted by molar-refractivity contribution is -0.123. The molecule has 0 fully saturated rings. The van der Waals surface area contributed by atoms with Crippen LogP contribution in [0.3, 0.4) is 0 Å². The second-order valence-corrected chi connectivity index (χ2v) is 10.3. The quantitative estimate of drug-likeness (QED) is 0.177. The third-order valence-electron chi connectivity index (χ3n) is 6.94. The molecule has 0 aliphatic carbocycles. The van der Waals surface area contributed by atoms with Crippen molar-refractivity contribution in [2.45, 2.75) is 31.8 Å². The molecule has 0 aliphatic rings. The van der Waals surface area contributed by atoms with E-state index >= 15 is 0 Å². The first-order chi connectivity index (χ1) is 20.7. The molecular formula is C33H26ClF2N3O4. The summed E-state index contributed by atoms with van der Waals surface area (Å²) in [5.74, 6) is -3.95. The number of nitrogens with one attached hydrogen (secondary N) is 2. The fourth-order valence-electron chi connectivity index (χ4n) is 4.62. The molecule has 43 heavy (non-hydrogen) atoms. The largest absolute Gasteiger partial charge is 0.434 e. The number of hydrogen-bond acceptors (Lipinski definition) is 5. The Kier molecular flexibility index (Phi) is 8.92. The van der Waals surface area contributed by atoms with Crippen LogP contribution in [0.25, 0.3) is 22.2 Å². The molecule has 0 saturated heterocycles. The van der Waals surface area contributed by atoms with E-state index in [0.29, 0.717) is 16.1 Å². The van der Waals surface area contributed by atoms with Crippen LogP contribution in [-0.4, -0.2) is 34.7 Å². The van der Waals surface area contributed by atoms with Crippen molar-refractivity contribution in [2.24, 2.45) is 0 Å². The molecule has 0 bridgehead atoms. The van der Waals surface area contributed by atoms with Gasteiger partial charge in [-0.1, -0.05) is 61.0 Å². The molecule has 4 aromatic carbocycles. The van der Waals surface area contributed by atoms with Crippen LogP contribution in [0.15, 0.2) is 95.4 Å². The Morgan fingerprint density at radius 1 is 0.837 bits per heavy atom. The monoisotopic (exact) mass is 601 g/mol. The molecule has 0 spiro atoms. The van der Waals surface area contributed by atoms with E-state index in [1.165, 1.54) is 6.07 Å². The summed E-state index contributed by atoms with van der Waals surface area (Å²) < 4.78 is 34.7. The second-order valence-electron chi connectivity index (χ2n) is 9.84. The minimum Gasteiger partial charge on any atom is -0.434 e. The van der Waals surface area contributed by atoms with E-state index in [1.807, 2.05) is 12.1 Å². The molecule has 2 atom stereocenters. The zero-order valence-corrected chi connectivity index (χ0v) is 23.7. The van der Waals surface area contributed by atoms with E-state index < -0.39 is 47.7 Å². The van der Waals surface area contributed by atoms with Crippen LogP contribution >= 0.6 is 11.6 Å². The van der Waals surface area contributed by atoms with Gasteiger partial charge in [-0.05, 0) is 66.1 Å². The normalized spacial score (nSPS) is 12.5. The molecule has 0 saturated carbocycles. The lowest BCUT2D eigenvalue weighted by Crippen LogP contribution is -2.52. The van der Waals surface area contributed by atoms with Gasteiger partial charge in [0.15, 0.2) is 5.58 Å². The number of rotatable bonds is 10. The minimum absolute atomic E-state index is 0.170. The van der Waals surface area contributed by atoms with Gasteiger partial charge in [0.2, 0.25) is 11.7 Å². The van der Waals surface area contributed by atoms with Crippen LogP contribution in [0.5, 0.6) is 0 Å². The Morgan fingerprint density at radius 3 is 2.21 bits per heavy atom. The smallest absolute Gasteiger partial charge is 0.266 e.